The van der Waals surface area contributed by atoms with E-state index in [1.165, 1.54) is 18.2 Å². The van der Waals surface area contributed by atoms with E-state index >= 15 is 0 Å². The fourth-order valence-corrected chi connectivity index (χ4v) is 6.47. The van der Waals surface area contributed by atoms with Gasteiger partial charge in [0.25, 0.3) is 0 Å². The van der Waals surface area contributed by atoms with Crippen LogP contribution in [0.25, 0.3) is 0 Å². The molecule has 13 heteroatoms. The van der Waals surface area contributed by atoms with Gasteiger partial charge in [-0.1, -0.05) is 48.0 Å². The molecule has 0 spiro atoms. The molecule has 0 bridgehead atoms. The largest absolute Gasteiger partial charge is 0.481 e. The zero-order valence-corrected chi connectivity index (χ0v) is 26.7. The molecule has 0 saturated carbocycles. The maximum absolute atomic E-state index is 13.9. The number of carbonyl (C=O) groups excluding carboxylic acids is 2. The average molecular weight is 634 g/mol. The van der Waals surface area contributed by atoms with Crippen LogP contribution in [0.3, 0.4) is 0 Å². The first-order valence-electron chi connectivity index (χ1n) is 14.6. The van der Waals surface area contributed by atoms with Crippen LogP contribution < -0.4 is 10.0 Å². The zero-order valence-electron chi connectivity index (χ0n) is 25.2. The third-order valence-corrected chi connectivity index (χ3v) is 9.92. The first-order valence-corrected chi connectivity index (χ1v) is 16.5. The van der Waals surface area contributed by atoms with Crippen molar-refractivity contribution in [1.82, 2.24) is 14.9 Å². The molecule has 2 amide bonds. The predicted molar refractivity (Wildman–Crippen MR) is 165 cm³/mol. The van der Waals surface area contributed by atoms with E-state index < -0.39 is 46.2 Å². The van der Waals surface area contributed by atoms with Gasteiger partial charge in [-0.25, -0.2) is 8.42 Å². The van der Waals surface area contributed by atoms with Gasteiger partial charge in [0.15, 0.2) is 0 Å². The van der Waals surface area contributed by atoms with Crippen LogP contribution >= 0.6 is 11.6 Å². The van der Waals surface area contributed by atoms with E-state index in [1.54, 1.807) is 11.0 Å². The summed E-state index contributed by atoms with van der Waals surface area (Å²) in [5.74, 6) is -1.60. The summed E-state index contributed by atoms with van der Waals surface area (Å²) in [6.07, 6.45) is 1.62. The highest BCUT2D eigenvalue weighted by Crippen LogP contribution is 2.38. The van der Waals surface area contributed by atoms with Crippen LogP contribution in [0.1, 0.15) is 52.5 Å². The first-order chi connectivity index (χ1) is 20.3. The Labute approximate surface area is 260 Å². The molecule has 43 heavy (non-hydrogen) atoms. The van der Waals surface area contributed by atoms with Crippen LogP contribution in [-0.2, 0) is 40.1 Å². The van der Waals surface area contributed by atoms with Gasteiger partial charge >= 0.3 is 7.12 Å². The highest BCUT2D eigenvalue weighted by Gasteiger charge is 2.54. The van der Waals surface area contributed by atoms with Gasteiger partial charge in [0.2, 0.25) is 21.8 Å². The smallest absolute Gasteiger partial charge is 0.402 e. The lowest BCUT2D eigenvalue weighted by atomic mass is 9.75. The molecule has 2 atom stereocenters. The van der Waals surface area contributed by atoms with Crippen LogP contribution in [0.2, 0.25) is 5.02 Å². The van der Waals surface area contributed by atoms with E-state index in [0.717, 1.165) is 12.0 Å². The minimum Gasteiger partial charge on any atom is -0.402 e. The molecule has 234 valence electrons. The Bertz CT molecular complexity index is 1350. The summed E-state index contributed by atoms with van der Waals surface area (Å²) in [5, 5.41) is 3.21. The van der Waals surface area contributed by atoms with Crippen molar-refractivity contribution in [2.24, 2.45) is 0 Å². The minimum absolute atomic E-state index is 0.109. The standard InChI is InChI=1S/C30H41BClN3O7S/c1-29(2)30(3,4)42-31(41-29)26(15-8-12-22-10-6-5-7-11-22)33-28(37)25(21-27(36)35-16-18-40-19-17-35)34-43(38,39)24-14-9-13-23(32)20-24/h5-7,9-11,13-14,20,25-26,34H,8,12,15-19,21H2,1-4H3,(H,33,37)/t25-,26+/m1/s1. The number of ether oxygens (including phenoxy) is 1. The molecule has 2 N–H and O–H groups in total. The van der Waals surface area contributed by atoms with Crippen molar-refractivity contribution >= 4 is 40.6 Å². The molecule has 2 aliphatic heterocycles. The Morgan fingerprint density at radius 2 is 1.65 bits per heavy atom. The van der Waals surface area contributed by atoms with E-state index in [1.807, 2.05) is 58.0 Å². The van der Waals surface area contributed by atoms with Crippen molar-refractivity contribution in [3.8, 4) is 0 Å². The van der Waals surface area contributed by atoms with Gasteiger partial charge in [0, 0.05) is 18.1 Å². The van der Waals surface area contributed by atoms with Crippen molar-refractivity contribution < 1.29 is 32.1 Å². The molecule has 2 aromatic rings. The fraction of sp³-hybridized carbons (Fsp3) is 0.533. The summed E-state index contributed by atoms with van der Waals surface area (Å²) in [5.41, 5.74) is -0.121. The Balaban J connectivity index is 1.56. The third-order valence-electron chi connectivity index (χ3n) is 8.21. The molecule has 0 aliphatic carbocycles. The number of halogens is 1. The molecule has 0 radical (unpaired) electrons. The lowest BCUT2D eigenvalue weighted by molar-refractivity contribution is -0.138. The van der Waals surface area contributed by atoms with Gasteiger partial charge in [-0.3, -0.25) is 9.59 Å². The van der Waals surface area contributed by atoms with E-state index in [4.69, 9.17) is 25.6 Å². The summed E-state index contributed by atoms with van der Waals surface area (Å²) in [4.78, 5) is 28.6. The van der Waals surface area contributed by atoms with Crippen LogP contribution in [0.15, 0.2) is 59.5 Å². The molecule has 2 heterocycles. The SMILES string of the molecule is CC1(C)OB([C@H](CCCc2ccccc2)NC(=O)[C@@H](CC(=O)N2CCOCC2)NS(=O)(=O)c2cccc(Cl)c2)OC1(C)C. The Hall–Kier alpha value is -2.48. The number of carbonyl (C=O) groups is 2. The predicted octanol–water partition coefficient (Wildman–Crippen LogP) is 3.37. The quantitative estimate of drug-likeness (QED) is 0.344. The van der Waals surface area contributed by atoms with Crippen LogP contribution in [0.5, 0.6) is 0 Å². The van der Waals surface area contributed by atoms with Gasteiger partial charge in [-0.2, -0.15) is 4.72 Å². The zero-order chi connectivity index (χ0) is 31.3. The first kappa shape index (κ1) is 33.4. The summed E-state index contributed by atoms with van der Waals surface area (Å²) >= 11 is 6.04. The minimum atomic E-state index is -4.20. The van der Waals surface area contributed by atoms with Crippen LogP contribution in [0.4, 0.5) is 0 Å². The van der Waals surface area contributed by atoms with Crippen LogP contribution in [0, 0.1) is 0 Å². The Kier molecular flexibility index (Phi) is 11.0. The number of nitrogens with one attached hydrogen (secondary N) is 2. The average Bonchev–Trinajstić information content (AvgIpc) is 3.19. The van der Waals surface area contributed by atoms with Gasteiger partial charge in [-0.15, -0.1) is 0 Å². The van der Waals surface area contributed by atoms with Crippen molar-refractivity contribution in [2.45, 2.75) is 81.5 Å². The Morgan fingerprint density at radius 1 is 1.00 bits per heavy atom. The maximum Gasteiger partial charge on any atom is 0.481 e. The molecule has 0 unspecified atom stereocenters. The summed E-state index contributed by atoms with van der Waals surface area (Å²) in [7, 11) is -4.97. The molecule has 4 rings (SSSR count). The molecule has 2 aromatic carbocycles. The van der Waals surface area contributed by atoms with Gasteiger partial charge in [-0.05, 0) is 70.7 Å². The second-order valence-corrected chi connectivity index (χ2v) is 14.1. The number of rotatable bonds is 12. The molecule has 2 fully saturated rings. The van der Waals surface area contributed by atoms with E-state index in [2.05, 4.69) is 10.0 Å². The molecule has 0 aromatic heterocycles. The number of amides is 2. The second-order valence-electron chi connectivity index (χ2n) is 11.9. The van der Waals surface area contributed by atoms with Crippen molar-refractivity contribution in [3.63, 3.8) is 0 Å². The van der Waals surface area contributed by atoms with Crippen molar-refractivity contribution in [1.29, 1.82) is 0 Å². The Morgan fingerprint density at radius 3 is 2.28 bits per heavy atom. The maximum atomic E-state index is 13.9. The number of sulfonamides is 1. The van der Waals surface area contributed by atoms with Gasteiger partial charge in [0.1, 0.15) is 6.04 Å². The summed E-state index contributed by atoms with van der Waals surface area (Å²) in [6.45, 7) is 9.20. The molecular formula is C30H41BClN3O7S. The number of hydrogen-bond donors (Lipinski definition) is 2. The molecule has 2 aliphatic rings. The van der Waals surface area contributed by atoms with Gasteiger partial charge in [0.05, 0.1) is 41.7 Å². The highest BCUT2D eigenvalue weighted by atomic mass is 35.5. The van der Waals surface area contributed by atoms with Crippen LogP contribution in [-0.4, -0.2) is 81.7 Å². The fourth-order valence-electron chi connectivity index (χ4n) is 4.98. The second kappa shape index (κ2) is 14.1. The lowest BCUT2D eigenvalue weighted by Crippen LogP contribution is -2.56. The number of benzene rings is 2. The molecule has 2 saturated heterocycles. The number of aryl methyl sites for hydroxylation is 1. The van der Waals surface area contributed by atoms with E-state index in [0.29, 0.717) is 39.1 Å². The molecular weight excluding hydrogens is 593 g/mol. The number of nitrogens with zero attached hydrogens (tertiary/aromatic N) is 1. The number of morpholine rings is 1. The van der Waals surface area contributed by atoms with Crippen molar-refractivity contribution in [2.75, 3.05) is 26.3 Å². The van der Waals surface area contributed by atoms with Crippen molar-refractivity contribution in [3.05, 3.63) is 65.2 Å². The summed E-state index contributed by atoms with van der Waals surface area (Å²) < 4.78 is 47.1. The molecule has 10 nitrogen and oxygen atoms in total. The monoisotopic (exact) mass is 633 g/mol. The number of hydrogen-bond acceptors (Lipinski definition) is 7. The highest BCUT2D eigenvalue weighted by molar-refractivity contribution is 7.89. The van der Waals surface area contributed by atoms with E-state index in [-0.39, 0.29) is 22.2 Å². The third kappa shape index (κ3) is 8.80. The lowest BCUT2D eigenvalue weighted by Gasteiger charge is -2.32. The summed E-state index contributed by atoms with van der Waals surface area (Å²) in [6, 6.07) is 14.3. The van der Waals surface area contributed by atoms with E-state index in [9.17, 15) is 18.0 Å². The normalized spacial score (nSPS) is 19.6. The van der Waals surface area contributed by atoms with Gasteiger partial charge < -0.3 is 24.3 Å². The topological polar surface area (TPSA) is 123 Å².